The maximum atomic E-state index is 13.5. The van der Waals surface area contributed by atoms with Gasteiger partial charge < -0.3 is 14.5 Å². The zero-order valence-electron chi connectivity index (χ0n) is 18.9. The van der Waals surface area contributed by atoms with E-state index in [9.17, 15) is 18.5 Å². The number of amides is 1. The van der Waals surface area contributed by atoms with E-state index in [0.29, 0.717) is 48.1 Å². The Morgan fingerprint density at radius 2 is 2.06 bits per heavy atom. The van der Waals surface area contributed by atoms with Gasteiger partial charge >= 0.3 is 0 Å². The third-order valence-electron chi connectivity index (χ3n) is 6.69. The Morgan fingerprint density at radius 1 is 1.24 bits per heavy atom. The highest BCUT2D eigenvalue weighted by Gasteiger charge is 2.33. The average molecular weight is 468 g/mol. The molecule has 9 heteroatoms. The molecule has 3 aromatic rings. The van der Waals surface area contributed by atoms with Gasteiger partial charge in [0.1, 0.15) is 17.8 Å². The molecule has 1 aliphatic heterocycles. The quantitative estimate of drug-likeness (QED) is 0.556. The van der Waals surface area contributed by atoms with Gasteiger partial charge in [-0.05, 0) is 55.0 Å². The molecule has 1 fully saturated rings. The molecule has 0 saturated carbocycles. The minimum absolute atomic E-state index is 0.137. The molecule has 3 heterocycles. The van der Waals surface area contributed by atoms with Crippen molar-refractivity contribution in [2.45, 2.75) is 44.2 Å². The summed E-state index contributed by atoms with van der Waals surface area (Å²) in [5.74, 6) is 0.654. The Labute approximate surface area is 194 Å². The number of rotatable bonds is 7. The van der Waals surface area contributed by atoms with E-state index in [0.717, 1.165) is 6.42 Å². The molecule has 8 nitrogen and oxygen atoms in total. The lowest BCUT2D eigenvalue weighted by atomic mass is 9.88. The number of aryl methyl sites for hydroxylation is 1. The van der Waals surface area contributed by atoms with Crippen molar-refractivity contribution >= 4 is 26.8 Å². The van der Waals surface area contributed by atoms with Crippen LogP contribution >= 0.6 is 0 Å². The molecule has 1 aliphatic rings. The van der Waals surface area contributed by atoms with E-state index >= 15 is 0 Å². The molecular formula is C24H29N5O3S. The lowest BCUT2D eigenvalue weighted by molar-refractivity contribution is -0.135. The number of nitriles is 1. The third-order valence-corrected chi connectivity index (χ3v) is 8.22. The van der Waals surface area contributed by atoms with Gasteiger partial charge in [-0.25, -0.2) is 8.42 Å². The molecule has 1 saturated heterocycles. The number of likely N-dealkylation sites (tertiary alicyclic amines) is 1. The summed E-state index contributed by atoms with van der Waals surface area (Å²) in [6, 6.07) is 11.4. The maximum absolute atomic E-state index is 13.5. The number of nitrogens with one attached hydrogen (secondary N) is 2. The van der Waals surface area contributed by atoms with Crippen molar-refractivity contribution in [3.05, 3.63) is 54.5 Å². The summed E-state index contributed by atoms with van der Waals surface area (Å²) in [5, 5.41) is 9.87. The van der Waals surface area contributed by atoms with E-state index in [4.69, 9.17) is 0 Å². The monoisotopic (exact) mass is 467 g/mol. The van der Waals surface area contributed by atoms with Crippen LogP contribution in [0.2, 0.25) is 0 Å². The van der Waals surface area contributed by atoms with Gasteiger partial charge in [-0.1, -0.05) is 19.9 Å². The standard InChI is InChI=1S/C24H29N5O3S/c1-17-9-13-29(16-18(17)2)24(30)22(10-14-28-12-4-5-19(28)15-25)27-33(31,32)23-7-3-6-21-20(23)8-11-26-21/h3-8,11-12,17-18,22,26-27H,9-10,13-14,16H2,1-2H3. The zero-order chi connectivity index (χ0) is 23.6. The maximum Gasteiger partial charge on any atom is 0.241 e. The van der Waals surface area contributed by atoms with Crippen LogP contribution in [0.25, 0.3) is 10.9 Å². The van der Waals surface area contributed by atoms with Crippen LogP contribution in [0.15, 0.2) is 53.7 Å². The molecular weight excluding hydrogens is 438 g/mol. The van der Waals surface area contributed by atoms with Gasteiger partial charge in [-0.15, -0.1) is 0 Å². The molecule has 1 aromatic carbocycles. The van der Waals surface area contributed by atoms with Gasteiger partial charge in [0.2, 0.25) is 15.9 Å². The molecule has 0 bridgehead atoms. The number of fused-ring (bicyclic) bond motifs is 1. The summed E-state index contributed by atoms with van der Waals surface area (Å²) in [4.78, 5) is 18.4. The normalized spacial score (nSPS) is 20.0. The fraction of sp³-hybridized carbons (Fsp3) is 0.417. The molecule has 0 aliphatic carbocycles. The van der Waals surface area contributed by atoms with E-state index in [1.807, 2.05) is 6.07 Å². The van der Waals surface area contributed by atoms with E-state index in [-0.39, 0.29) is 17.2 Å². The predicted molar refractivity (Wildman–Crippen MR) is 126 cm³/mol. The molecule has 33 heavy (non-hydrogen) atoms. The van der Waals surface area contributed by atoms with Crippen molar-refractivity contribution < 1.29 is 13.2 Å². The van der Waals surface area contributed by atoms with Crippen molar-refractivity contribution in [3.8, 4) is 6.07 Å². The van der Waals surface area contributed by atoms with Crippen molar-refractivity contribution in [2.24, 2.45) is 11.8 Å². The first-order valence-corrected chi connectivity index (χ1v) is 12.7. The van der Waals surface area contributed by atoms with Crippen LogP contribution in [0.1, 0.15) is 32.4 Å². The van der Waals surface area contributed by atoms with Gasteiger partial charge in [0.15, 0.2) is 0 Å². The van der Waals surface area contributed by atoms with Crippen LogP contribution in [0.3, 0.4) is 0 Å². The summed E-state index contributed by atoms with van der Waals surface area (Å²) in [6.45, 7) is 5.87. The first kappa shape index (κ1) is 23.1. The van der Waals surface area contributed by atoms with Crippen LogP contribution in [0.5, 0.6) is 0 Å². The van der Waals surface area contributed by atoms with Gasteiger partial charge in [-0.2, -0.15) is 9.98 Å². The molecule has 3 unspecified atom stereocenters. The second kappa shape index (κ2) is 9.41. The van der Waals surface area contributed by atoms with Crippen molar-refractivity contribution in [2.75, 3.05) is 13.1 Å². The molecule has 4 rings (SSSR count). The van der Waals surface area contributed by atoms with Crippen molar-refractivity contribution in [3.63, 3.8) is 0 Å². The van der Waals surface area contributed by atoms with Gasteiger partial charge in [-0.3, -0.25) is 4.79 Å². The Kier molecular flexibility index (Phi) is 6.58. The Morgan fingerprint density at radius 3 is 2.82 bits per heavy atom. The molecule has 0 radical (unpaired) electrons. The number of sulfonamides is 1. The van der Waals surface area contributed by atoms with Crippen LogP contribution < -0.4 is 4.72 Å². The first-order valence-electron chi connectivity index (χ1n) is 11.2. The number of H-pyrrole nitrogens is 1. The van der Waals surface area contributed by atoms with Crippen LogP contribution in [0, 0.1) is 23.2 Å². The number of piperidine rings is 1. The number of hydrogen-bond donors (Lipinski definition) is 2. The summed E-state index contributed by atoms with van der Waals surface area (Å²) >= 11 is 0. The molecule has 174 valence electrons. The lowest BCUT2D eigenvalue weighted by Gasteiger charge is -2.37. The van der Waals surface area contributed by atoms with Gasteiger partial charge in [0.25, 0.3) is 0 Å². The van der Waals surface area contributed by atoms with E-state index in [2.05, 4.69) is 29.6 Å². The third kappa shape index (κ3) is 4.82. The van der Waals surface area contributed by atoms with Crippen molar-refractivity contribution in [1.82, 2.24) is 19.2 Å². The second-order valence-corrected chi connectivity index (χ2v) is 10.6. The zero-order valence-corrected chi connectivity index (χ0v) is 19.7. The molecule has 2 aromatic heterocycles. The molecule has 2 N–H and O–H groups in total. The highest BCUT2D eigenvalue weighted by atomic mass is 32.2. The molecule has 1 amide bonds. The molecule has 0 spiro atoms. The summed E-state index contributed by atoms with van der Waals surface area (Å²) in [7, 11) is -3.96. The topological polar surface area (TPSA) is 111 Å². The SMILES string of the molecule is CC1CCN(C(=O)C(CCn2cccc2C#N)NS(=O)(=O)c2cccc3[nH]ccc23)CC1C. The van der Waals surface area contributed by atoms with E-state index < -0.39 is 16.1 Å². The molecule has 3 atom stereocenters. The van der Waals surface area contributed by atoms with Gasteiger partial charge in [0.05, 0.1) is 4.90 Å². The Hall–Kier alpha value is -3.09. The number of carbonyl (C=O) groups is 1. The number of benzene rings is 1. The largest absolute Gasteiger partial charge is 0.361 e. The minimum atomic E-state index is -3.96. The second-order valence-electron chi connectivity index (χ2n) is 8.88. The number of hydrogen-bond acceptors (Lipinski definition) is 4. The summed E-state index contributed by atoms with van der Waals surface area (Å²) in [5.41, 5.74) is 1.19. The van der Waals surface area contributed by atoms with E-state index in [1.165, 1.54) is 0 Å². The minimum Gasteiger partial charge on any atom is -0.361 e. The summed E-state index contributed by atoms with van der Waals surface area (Å²) < 4.78 is 31.2. The number of aromatic amines is 1. The highest BCUT2D eigenvalue weighted by Crippen LogP contribution is 2.25. The number of carbonyl (C=O) groups excluding carboxylic acids is 1. The average Bonchev–Trinajstić information content (AvgIpc) is 3.46. The lowest BCUT2D eigenvalue weighted by Crippen LogP contribution is -2.52. The van der Waals surface area contributed by atoms with E-state index in [1.54, 1.807) is 52.2 Å². The van der Waals surface area contributed by atoms with Crippen molar-refractivity contribution in [1.29, 1.82) is 5.26 Å². The Bertz CT molecular complexity index is 1290. The van der Waals surface area contributed by atoms with Crippen LogP contribution in [-0.2, 0) is 21.4 Å². The van der Waals surface area contributed by atoms with Crippen LogP contribution in [0.4, 0.5) is 0 Å². The van der Waals surface area contributed by atoms with Gasteiger partial charge in [0, 0.05) is 42.9 Å². The number of aromatic nitrogens is 2. The summed E-state index contributed by atoms with van der Waals surface area (Å²) in [6.07, 6.45) is 4.59. The fourth-order valence-electron chi connectivity index (χ4n) is 4.44. The highest BCUT2D eigenvalue weighted by molar-refractivity contribution is 7.89. The Balaban J connectivity index is 1.61. The smallest absolute Gasteiger partial charge is 0.241 e. The first-order chi connectivity index (χ1) is 15.8. The number of nitrogens with zero attached hydrogens (tertiary/aromatic N) is 3. The van der Waals surface area contributed by atoms with Crippen LogP contribution in [-0.4, -0.2) is 47.9 Å². The predicted octanol–water partition coefficient (Wildman–Crippen LogP) is 3.08. The fourth-order valence-corrected chi connectivity index (χ4v) is 5.88.